The Bertz CT molecular complexity index is 709. The second kappa shape index (κ2) is 5.54. The maximum absolute atomic E-state index is 12.6. The van der Waals surface area contributed by atoms with E-state index in [0.717, 1.165) is 4.90 Å². The van der Waals surface area contributed by atoms with Crippen LogP contribution >= 0.6 is 15.9 Å². The van der Waals surface area contributed by atoms with Gasteiger partial charge in [-0.25, -0.2) is 4.79 Å². The van der Waals surface area contributed by atoms with Gasteiger partial charge in [0.05, 0.1) is 11.9 Å². The van der Waals surface area contributed by atoms with E-state index in [-0.39, 0.29) is 19.2 Å². The van der Waals surface area contributed by atoms with Crippen molar-refractivity contribution in [1.29, 1.82) is 0 Å². The van der Waals surface area contributed by atoms with E-state index in [0.29, 0.717) is 22.4 Å². The van der Waals surface area contributed by atoms with Crippen molar-refractivity contribution in [3.8, 4) is 23.3 Å². The molecule has 0 spiro atoms. The van der Waals surface area contributed by atoms with E-state index in [9.17, 15) is 9.59 Å². The summed E-state index contributed by atoms with van der Waals surface area (Å²) >= 11 is 3.17. The van der Waals surface area contributed by atoms with Gasteiger partial charge in [-0.05, 0) is 24.6 Å². The van der Waals surface area contributed by atoms with Crippen LogP contribution in [-0.4, -0.2) is 35.5 Å². The van der Waals surface area contributed by atoms with E-state index >= 15 is 0 Å². The summed E-state index contributed by atoms with van der Waals surface area (Å²) in [6.07, 6.45) is 0. The Balaban J connectivity index is 1.90. The molecule has 114 valence electrons. The number of halogens is 1. The van der Waals surface area contributed by atoms with Gasteiger partial charge in [-0.1, -0.05) is 33.8 Å². The van der Waals surface area contributed by atoms with Crippen LogP contribution in [0.4, 0.5) is 4.79 Å². The largest absolute Gasteiger partial charge is 0.454 e. The minimum Gasteiger partial charge on any atom is -0.454 e. The molecule has 1 saturated heterocycles. The molecule has 1 atom stereocenters. The first kappa shape index (κ1) is 14.7. The van der Waals surface area contributed by atoms with E-state index in [4.69, 9.17) is 9.47 Å². The second-order valence-corrected chi connectivity index (χ2v) is 5.56. The van der Waals surface area contributed by atoms with E-state index in [1.165, 1.54) is 0 Å². The number of urea groups is 1. The van der Waals surface area contributed by atoms with Gasteiger partial charge in [-0.2, -0.15) is 0 Å². The molecule has 1 N–H and O–H groups in total. The molecule has 0 radical (unpaired) electrons. The Morgan fingerprint density at radius 2 is 2.09 bits per heavy atom. The molecule has 7 heteroatoms. The fraction of sp³-hybridized carbons (Fsp3) is 0.333. The van der Waals surface area contributed by atoms with Crippen molar-refractivity contribution in [2.75, 3.05) is 18.7 Å². The number of alkyl halides is 1. The smallest absolute Gasteiger partial charge is 0.326 e. The monoisotopic (exact) mass is 364 g/mol. The number of imide groups is 1. The summed E-state index contributed by atoms with van der Waals surface area (Å²) < 4.78 is 10.6. The molecule has 22 heavy (non-hydrogen) atoms. The molecule has 3 rings (SSSR count). The summed E-state index contributed by atoms with van der Waals surface area (Å²) in [6.45, 7) is 1.89. The lowest BCUT2D eigenvalue weighted by Crippen LogP contribution is -2.40. The number of nitrogens with one attached hydrogen (secondary N) is 1. The highest BCUT2D eigenvalue weighted by Gasteiger charge is 2.49. The van der Waals surface area contributed by atoms with Gasteiger partial charge >= 0.3 is 6.03 Å². The Hall–Kier alpha value is -2.20. The van der Waals surface area contributed by atoms with E-state index in [1.54, 1.807) is 25.1 Å². The normalized spacial score (nSPS) is 22.4. The fourth-order valence-electron chi connectivity index (χ4n) is 2.43. The number of benzene rings is 1. The summed E-state index contributed by atoms with van der Waals surface area (Å²) in [4.78, 5) is 25.8. The molecule has 1 aromatic rings. The predicted octanol–water partition coefficient (Wildman–Crippen LogP) is 1.58. The second-order valence-electron chi connectivity index (χ2n) is 5.00. The molecule has 0 aromatic heterocycles. The minimum absolute atomic E-state index is 0.0659. The van der Waals surface area contributed by atoms with Gasteiger partial charge in [-0.3, -0.25) is 9.69 Å². The van der Waals surface area contributed by atoms with Crippen LogP contribution in [0.1, 0.15) is 12.5 Å². The van der Waals surface area contributed by atoms with Crippen LogP contribution in [0.15, 0.2) is 18.2 Å². The van der Waals surface area contributed by atoms with Crippen molar-refractivity contribution >= 4 is 27.9 Å². The average Bonchev–Trinajstić information content (AvgIpc) is 3.05. The Morgan fingerprint density at radius 3 is 2.86 bits per heavy atom. The van der Waals surface area contributed by atoms with Gasteiger partial charge in [0.15, 0.2) is 11.5 Å². The third-order valence-corrected chi connectivity index (χ3v) is 3.93. The van der Waals surface area contributed by atoms with Gasteiger partial charge in [0, 0.05) is 0 Å². The zero-order valence-electron chi connectivity index (χ0n) is 11.8. The summed E-state index contributed by atoms with van der Waals surface area (Å²) in [6, 6.07) is 4.75. The number of ether oxygens (including phenoxy) is 2. The first-order valence-electron chi connectivity index (χ1n) is 6.62. The number of carbonyl (C=O) groups is 2. The lowest BCUT2D eigenvalue weighted by atomic mass is 9.91. The Morgan fingerprint density at radius 1 is 1.32 bits per heavy atom. The molecule has 6 nitrogen and oxygen atoms in total. The molecular formula is C15H13BrN2O4. The van der Waals surface area contributed by atoms with Crippen LogP contribution in [-0.2, 0) is 10.3 Å². The summed E-state index contributed by atoms with van der Waals surface area (Å²) in [5.41, 5.74) is -0.486. The quantitative estimate of drug-likeness (QED) is 0.491. The van der Waals surface area contributed by atoms with Gasteiger partial charge in [0.1, 0.15) is 5.54 Å². The molecule has 0 bridgehead atoms. The van der Waals surface area contributed by atoms with Crippen LogP contribution in [0.25, 0.3) is 0 Å². The van der Waals surface area contributed by atoms with Crippen LogP contribution < -0.4 is 14.8 Å². The molecule has 1 unspecified atom stereocenters. The molecule has 0 aliphatic carbocycles. The predicted molar refractivity (Wildman–Crippen MR) is 81.7 cm³/mol. The topological polar surface area (TPSA) is 67.9 Å². The number of hydrogen-bond donors (Lipinski definition) is 1. The lowest BCUT2D eigenvalue weighted by molar-refractivity contribution is -0.130. The van der Waals surface area contributed by atoms with E-state index in [1.807, 2.05) is 0 Å². The number of nitrogens with zero attached hydrogens (tertiary/aromatic N) is 1. The molecular weight excluding hydrogens is 352 g/mol. The van der Waals surface area contributed by atoms with Crippen LogP contribution in [0, 0.1) is 11.8 Å². The van der Waals surface area contributed by atoms with Crippen molar-refractivity contribution < 1.29 is 19.1 Å². The number of fused-ring (bicyclic) bond motifs is 1. The number of rotatable bonds is 2. The summed E-state index contributed by atoms with van der Waals surface area (Å²) in [7, 11) is 0. The van der Waals surface area contributed by atoms with Gasteiger partial charge < -0.3 is 14.8 Å². The minimum atomic E-state index is -1.13. The first-order valence-corrected chi connectivity index (χ1v) is 7.74. The zero-order chi connectivity index (χ0) is 15.7. The van der Waals surface area contributed by atoms with E-state index < -0.39 is 11.6 Å². The van der Waals surface area contributed by atoms with Crippen LogP contribution in [0.5, 0.6) is 11.5 Å². The van der Waals surface area contributed by atoms with Gasteiger partial charge in [-0.15, -0.1) is 0 Å². The molecule has 2 aliphatic heterocycles. The van der Waals surface area contributed by atoms with Crippen molar-refractivity contribution in [1.82, 2.24) is 10.2 Å². The SMILES string of the molecule is CC1(c2ccc3c(c2)OCO3)NC(=O)N(CC#CCBr)C1=O. The summed E-state index contributed by atoms with van der Waals surface area (Å²) in [5.74, 6) is 6.41. The van der Waals surface area contributed by atoms with Crippen molar-refractivity contribution in [2.24, 2.45) is 0 Å². The molecule has 1 fully saturated rings. The highest BCUT2D eigenvalue weighted by atomic mass is 79.9. The Kier molecular flexibility index (Phi) is 3.71. The number of amides is 3. The number of carbonyl (C=O) groups excluding carboxylic acids is 2. The molecule has 2 aliphatic rings. The Labute approximate surface area is 135 Å². The van der Waals surface area contributed by atoms with Crippen LogP contribution in [0.2, 0.25) is 0 Å². The zero-order valence-corrected chi connectivity index (χ0v) is 13.4. The highest BCUT2D eigenvalue weighted by molar-refractivity contribution is 9.09. The number of hydrogen-bond acceptors (Lipinski definition) is 4. The first-order chi connectivity index (χ1) is 10.6. The third-order valence-electron chi connectivity index (χ3n) is 3.65. The van der Waals surface area contributed by atoms with Crippen molar-refractivity contribution in [3.63, 3.8) is 0 Å². The van der Waals surface area contributed by atoms with Crippen molar-refractivity contribution in [3.05, 3.63) is 23.8 Å². The third kappa shape index (κ3) is 2.29. The highest BCUT2D eigenvalue weighted by Crippen LogP contribution is 2.37. The maximum atomic E-state index is 12.6. The van der Waals surface area contributed by atoms with Gasteiger partial charge in [0.25, 0.3) is 5.91 Å². The molecule has 1 aromatic carbocycles. The van der Waals surface area contributed by atoms with E-state index in [2.05, 4.69) is 33.1 Å². The van der Waals surface area contributed by atoms with Gasteiger partial charge in [0.2, 0.25) is 6.79 Å². The lowest BCUT2D eigenvalue weighted by Gasteiger charge is -2.22. The molecule has 3 amide bonds. The molecule has 0 saturated carbocycles. The molecule has 2 heterocycles. The van der Waals surface area contributed by atoms with Crippen LogP contribution in [0.3, 0.4) is 0 Å². The average molecular weight is 365 g/mol. The standard InChI is InChI=1S/C15H13BrN2O4/c1-15(10-4-5-11-12(8-10)22-9-21-11)13(19)18(14(20)17-15)7-3-2-6-16/h4-5,8H,6-7,9H2,1H3,(H,17,20). The fourth-order valence-corrected chi connectivity index (χ4v) is 2.62. The summed E-state index contributed by atoms with van der Waals surface area (Å²) in [5, 5.41) is 3.22. The van der Waals surface area contributed by atoms with Crippen molar-refractivity contribution in [2.45, 2.75) is 12.5 Å². The maximum Gasteiger partial charge on any atom is 0.326 e.